The Morgan fingerprint density at radius 1 is 1.11 bits per heavy atom. The second-order valence-corrected chi connectivity index (χ2v) is 4.31. The van der Waals surface area contributed by atoms with E-state index in [0.717, 1.165) is 16.8 Å². The minimum absolute atomic E-state index is 0.101. The van der Waals surface area contributed by atoms with Crippen molar-refractivity contribution in [3.8, 4) is 11.3 Å². The van der Waals surface area contributed by atoms with Gasteiger partial charge in [-0.15, -0.1) is 0 Å². The van der Waals surface area contributed by atoms with E-state index in [2.05, 4.69) is 9.97 Å². The van der Waals surface area contributed by atoms with Gasteiger partial charge in [0.15, 0.2) is 0 Å². The maximum atomic E-state index is 11.9. The molecule has 18 heavy (non-hydrogen) atoms. The minimum Gasteiger partial charge on any atom is -0.321 e. The maximum absolute atomic E-state index is 11.9. The molecule has 0 saturated heterocycles. The van der Waals surface area contributed by atoms with Crippen LogP contribution in [0.4, 0.5) is 0 Å². The first kappa shape index (κ1) is 10.7. The number of aromatic nitrogens is 2. The summed E-state index contributed by atoms with van der Waals surface area (Å²) in [4.78, 5) is 19.1. The molecule has 0 unspecified atom stereocenters. The van der Waals surface area contributed by atoms with Crippen molar-refractivity contribution in [1.82, 2.24) is 9.97 Å². The van der Waals surface area contributed by atoms with Gasteiger partial charge in [0.05, 0.1) is 16.6 Å². The third-order valence-corrected chi connectivity index (χ3v) is 2.97. The summed E-state index contributed by atoms with van der Waals surface area (Å²) >= 11 is 0. The largest absolute Gasteiger partial charge is 0.321 e. The zero-order valence-corrected chi connectivity index (χ0v) is 9.97. The highest BCUT2D eigenvalue weighted by Gasteiger charge is 2.04. The summed E-state index contributed by atoms with van der Waals surface area (Å²) in [5.41, 5.74) is 3.60. The molecular weight excluding hydrogens is 224 g/mol. The molecule has 1 N–H and O–H groups in total. The topological polar surface area (TPSA) is 45.8 Å². The number of fused-ring (bicyclic) bond motifs is 1. The summed E-state index contributed by atoms with van der Waals surface area (Å²) in [7, 11) is 0. The van der Waals surface area contributed by atoms with E-state index in [-0.39, 0.29) is 5.56 Å². The summed E-state index contributed by atoms with van der Waals surface area (Å²) in [5.74, 6) is 0. The van der Waals surface area contributed by atoms with Crippen LogP contribution < -0.4 is 5.56 Å². The molecule has 0 atom stereocenters. The Hall–Kier alpha value is -2.42. The molecule has 0 aliphatic carbocycles. The lowest BCUT2D eigenvalue weighted by molar-refractivity contribution is 1.25. The first-order valence-corrected chi connectivity index (χ1v) is 5.79. The van der Waals surface area contributed by atoms with E-state index in [1.165, 1.54) is 5.56 Å². The van der Waals surface area contributed by atoms with Crippen molar-refractivity contribution in [1.29, 1.82) is 0 Å². The Bertz CT molecular complexity index is 757. The van der Waals surface area contributed by atoms with Gasteiger partial charge in [0, 0.05) is 6.20 Å². The molecule has 3 nitrogen and oxygen atoms in total. The van der Waals surface area contributed by atoms with Gasteiger partial charge in [0.25, 0.3) is 5.56 Å². The monoisotopic (exact) mass is 236 g/mol. The number of rotatable bonds is 1. The second kappa shape index (κ2) is 4.11. The molecule has 3 aromatic rings. The molecule has 0 saturated carbocycles. The Labute approximate surface area is 104 Å². The van der Waals surface area contributed by atoms with Crippen molar-refractivity contribution in [3.05, 3.63) is 64.6 Å². The molecule has 0 fully saturated rings. The van der Waals surface area contributed by atoms with E-state index in [4.69, 9.17) is 0 Å². The zero-order valence-electron chi connectivity index (χ0n) is 9.97. The molecule has 0 aliphatic heterocycles. The van der Waals surface area contributed by atoms with E-state index in [9.17, 15) is 4.79 Å². The standard InChI is InChI=1S/C15H12N2O/c1-10-4-6-11(7-5-10)13-9-14-12(15(18)17-13)3-2-8-16-14/h2-9H,1H3,(H,17,18). The van der Waals surface area contributed by atoms with Crippen LogP contribution in [0.2, 0.25) is 0 Å². The highest BCUT2D eigenvalue weighted by molar-refractivity contribution is 5.81. The lowest BCUT2D eigenvalue weighted by Gasteiger charge is -2.03. The van der Waals surface area contributed by atoms with Gasteiger partial charge in [-0.25, -0.2) is 0 Å². The van der Waals surface area contributed by atoms with Crippen molar-refractivity contribution in [3.63, 3.8) is 0 Å². The average Bonchev–Trinajstić information content (AvgIpc) is 2.39. The van der Waals surface area contributed by atoms with E-state index in [1.807, 2.05) is 37.3 Å². The van der Waals surface area contributed by atoms with Gasteiger partial charge in [-0.3, -0.25) is 9.78 Å². The number of aryl methyl sites for hydroxylation is 1. The van der Waals surface area contributed by atoms with Crippen LogP contribution >= 0.6 is 0 Å². The van der Waals surface area contributed by atoms with Gasteiger partial charge in [0.1, 0.15) is 0 Å². The average molecular weight is 236 g/mol. The number of pyridine rings is 2. The van der Waals surface area contributed by atoms with Crippen LogP contribution in [0.3, 0.4) is 0 Å². The lowest BCUT2D eigenvalue weighted by atomic mass is 10.1. The smallest absolute Gasteiger partial charge is 0.257 e. The molecular formula is C15H12N2O. The fourth-order valence-corrected chi connectivity index (χ4v) is 1.98. The summed E-state index contributed by atoms with van der Waals surface area (Å²) in [5, 5.41) is 0.619. The van der Waals surface area contributed by atoms with Crippen LogP contribution in [0.5, 0.6) is 0 Å². The number of benzene rings is 1. The molecule has 0 radical (unpaired) electrons. The lowest BCUT2D eigenvalue weighted by Crippen LogP contribution is -2.07. The summed E-state index contributed by atoms with van der Waals surface area (Å²) in [6.45, 7) is 2.04. The fraction of sp³-hybridized carbons (Fsp3) is 0.0667. The highest BCUT2D eigenvalue weighted by atomic mass is 16.1. The van der Waals surface area contributed by atoms with Gasteiger partial charge in [-0.1, -0.05) is 29.8 Å². The number of H-pyrrole nitrogens is 1. The second-order valence-electron chi connectivity index (χ2n) is 4.31. The molecule has 1 aromatic carbocycles. The van der Waals surface area contributed by atoms with Gasteiger partial charge in [-0.05, 0) is 30.7 Å². The molecule has 88 valence electrons. The molecule has 0 spiro atoms. The van der Waals surface area contributed by atoms with Crippen LogP contribution in [0.25, 0.3) is 22.2 Å². The van der Waals surface area contributed by atoms with Gasteiger partial charge in [0.2, 0.25) is 0 Å². The Balaban J connectivity index is 2.24. The first-order valence-electron chi connectivity index (χ1n) is 5.79. The molecule has 2 heterocycles. The van der Waals surface area contributed by atoms with Crippen LogP contribution in [0, 0.1) is 6.92 Å². The van der Waals surface area contributed by atoms with Gasteiger partial charge in [-0.2, -0.15) is 0 Å². The fourth-order valence-electron chi connectivity index (χ4n) is 1.98. The number of hydrogen-bond acceptors (Lipinski definition) is 2. The first-order chi connectivity index (χ1) is 8.74. The predicted molar refractivity (Wildman–Crippen MR) is 72.5 cm³/mol. The van der Waals surface area contributed by atoms with Crippen molar-refractivity contribution in [2.24, 2.45) is 0 Å². The highest BCUT2D eigenvalue weighted by Crippen LogP contribution is 2.18. The Morgan fingerprint density at radius 3 is 2.67 bits per heavy atom. The third-order valence-electron chi connectivity index (χ3n) is 2.97. The van der Waals surface area contributed by atoms with E-state index < -0.39 is 0 Å². The predicted octanol–water partition coefficient (Wildman–Crippen LogP) is 2.90. The van der Waals surface area contributed by atoms with Crippen LogP contribution in [-0.2, 0) is 0 Å². The third kappa shape index (κ3) is 1.80. The molecule has 2 aromatic heterocycles. The van der Waals surface area contributed by atoms with Crippen LogP contribution in [0.1, 0.15) is 5.56 Å². The zero-order chi connectivity index (χ0) is 12.5. The molecule has 0 amide bonds. The van der Waals surface area contributed by atoms with Gasteiger partial charge < -0.3 is 4.98 Å². The van der Waals surface area contributed by atoms with Crippen molar-refractivity contribution in [2.75, 3.05) is 0 Å². The minimum atomic E-state index is -0.101. The van der Waals surface area contributed by atoms with Crippen molar-refractivity contribution in [2.45, 2.75) is 6.92 Å². The molecule has 3 heteroatoms. The summed E-state index contributed by atoms with van der Waals surface area (Å²) < 4.78 is 0. The molecule has 0 bridgehead atoms. The van der Waals surface area contributed by atoms with E-state index >= 15 is 0 Å². The van der Waals surface area contributed by atoms with Crippen molar-refractivity contribution < 1.29 is 0 Å². The Morgan fingerprint density at radius 2 is 1.89 bits per heavy atom. The maximum Gasteiger partial charge on any atom is 0.257 e. The van der Waals surface area contributed by atoms with Gasteiger partial charge >= 0.3 is 0 Å². The quantitative estimate of drug-likeness (QED) is 0.706. The number of aromatic amines is 1. The molecule has 3 rings (SSSR count). The van der Waals surface area contributed by atoms with E-state index in [1.54, 1.807) is 18.3 Å². The van der Waals surface area contributed by atoms with E-state index in [0.29, 0.717) is 5.39 Å². The van der Waals surface area contributed by atoms with Crippen LogP contribution in [0.15, 0.2) is 53.5 Å². The summed E-state index contributed by atoms with van der Waals surface area (Å²) in [6, 6.07) is 13.5. The number of hydrogen-bond donors (Lipinski definition) is 1. The number of nitrogens with one attached hydrogen (secondary N) is 1. The Kier molecular flexibility index (Phi) is 2.45. The number of nitrogens with zero attached hydrogens (tertiary/aromatic N) is 1. The summed E-state index contributed by atoms with van der Waals surface area (Å²) in [6.07, 6.45) is 1.70. The normalized spacial score (nSPS) is 10.7. The SMILES string of the molecule is Cc1ccc(-c2cc3ncccc3c(=O)[nH]2)cc1. The van der Waals surface area contributed by atoms with Crippen molar-refractivity contribution >= 4 is 10.9 Å². The van der Waals surface area contributed by atoms with Crippen LogP contribution in [-0.4, -0.2) is 9.97 Å². The molecule has 0 aliphatic rings.